The van der Waals surface area contributed by atoms with Crippen LogP contribution in [0.25, 0.3) is 0 Å². The zero-order chi connectivity index (χ0) is 14.1. The summed E-state index contributed by atoms with van der Waals surface area (Å²) in [6.07, 6.45) is 3.20. The molecule has 5 nitrogen and oxygen atoms in total. The number of carbonyl (C=O) groups excluding carboxylic acids is 2. The van der Waals surface area contributed by atoms with Crippen LogP contribution in [0.15, 0.2) is 0 Å². The van der Waals surface area contributed by atoms with E-state index >= 15 is 0 Å². The maximum Gasteiger partial charge on any atom is 0.221 e. The average Bonchev–Trinajstić information content (AvgIpc) is 2.37. The molecule has 0 aromatic rings. The minimum atomic E-state index is 0.00772. The first kappa shape index (κ1) is 16.0. The summed E-state index contributed by atoms with van der Waals surface area (Å²) in [7, 11) is 0. The van der Waals surface area contributed by atoms with E-state index in [0.29, 0.717) is 37.8 Å². The zero-order valence-electron chi connectivity index (χ0n) is 12.1. The van der Waals surface area contributed by atoms with Crippen molar-refractivity contribution in [3.05, 3.63) is 0 Å². The Morgan fingerprint density at radius 3 is 2.68 bits per heavy atom. The van der Waals surface area contributed by atoms with Gasteiger partial charge in [-0.2, -0.15) is 0 Å². The lowest BCUT2D eigenvalue weighted by Gasteiger charge is -2.22. The Labute approximate surface area is 115 Å². The number of hydrogen-bond donors (Lipinski definition) is 3. The highest BCUT2D eigenvalue weighted by molar-refractivity contribution is 5.79. The van der Waals surface area contributed by atoms with E-state index in [-0.39, 0.29) is 11.8 Å². The first-order valence-corrected chi connectivity index (χ1v) is 7.32. The standard InChI is InChI=1S/C14H27N3O2/c1-11(2)9-17-13(18)5-7-16-14(19)8-12-4-3-6-15-10-12/h11-12,15H,3-10H2,1-2H3,(H,16,19)(H,17,18). The van der Waals surface area contributed by atoms with Crippen LogP contribution < -0.4 is 16.0 Å². The van der Waals surface area contributed by atoms with Gasteiger partial charge in [-0.15, -0.1) is 0 Å². The number of carbonyl (C=O) groups is 2. The minimum absolute atomic E-state index is 0.00772. The van der Waals surface area contributed by atoms with Crippen molar-refractivity contribution in [2.75, 3.05) is 26.2 Å². The van der Waals surface area contributed by atoms with Crippen molar-refractivity contribution in [2.45, 2.75) is 39.5 Å². The van der Waals surface area contributed by atoms with Crippen LogP contribution in [0.3, 0.4) is 0 Å². The average molecular weight is 269 g/mol. The van der Waals surface area contributed by atoms with Crippen LogP contribution in [0.2, 0.25) is 0 Å². The molecule has 1 atom stereocenters. The van der Waals surface area contributed by atoms with Gasteiger partial charge in [-0.05, 0) is 37.8 Å². The normalized spacial score (nSPS) is 19.2. The molecule has 1 unspecified atom stereocenters. The molecule has 0 saturated carbocycles. The van der Waals surface area contributed by atoms with Crippen LogP contribution in [-0.4, -0.2) is 38.0 Å². The van der Waals surface area contributed by atoms with E-state index in [4.69, 9.17) is 0 Å². The van der Waals surface area contributed by atoms with Crippen molar-refractivity contribution in [2.24, 2.45) is 11.8 Å². The molecule has 0 aromatic heterocycles. The van der Waals surface area contributed by atoms with E-state index in [1.54, 1.807) is 0 Å². The molecule has 0 aromatic carbocycles. The number of rotatable bonds is 7. The third-order valence-corrected chi connectivity index (χ3v) is 3.25. The second-order valence-corrected chi connectivity index (χ2v) is 5.71. The molecule has 1 heterocycles. The van der Waals surface area contributed by atoms with Gasteiger partial charge in [0.25, 0.3) is 0 Å². The molecule has 3 N–H and O–H groups in total. The Kier molecular flexibility index (Phi) is 7.48. The van der Waals surface area contributed by atoms with Crippen LogP contribution in [0.4, 0.5) is 0 Å². The molecule has 0 aliphatic carbocycles. The lowest BCUT2D eigenvalue weighted by molar-refractivity contribution is -0.123. The van der Waals surface area contributed by atoms with Crippen LogP contribution in [0.5, 0.6) is 0 Å². The second-order valence-electron chi connectivity index (χ2n) is 5.71. The van der Waals surface area contributed by atoms with Gasteiger partial charge < -0.3 is 16.0 Å². The van der Waals surface area contributed by atoms with E-state index < -0.39 is 0 Å². The van der Waals surface area contributed by atoms with E-state index in [2.05, 4.69) is 29.8 Å². The zero-order valence-corrected chi connectivity index (χ0v) is 12.1. The van der Waals surface area contributed by atoms with Crippen molar-refractivity contribution >= 4 is 11.8 Å². The molecular formula is C14H27N3O2. The summed E-state index contributed by atoms with van der Waals surface area (Å²) >= 11 is 0. The summed E-state index contributed by atoms with van der Waals surface area (Å²) in [5, 5.41) is 8.96. The number of piperidine rings is 1. The molecule has 1 saturated heterocycles. The van der Waals surface area contributed by atoms with E-state index in [1.165, 1.54) is 0 Å². The monoisotopic (exact) mass is 269 g/mol. The molecule has 1 rings (SSSR count). The van der Waals surface area contributed by atoms with Crippen LogP contribution in [0.1, 0.15) is 39.5 Å². The first-order valence-electron chi connectivity index (χ1n) is 7.32. The molecule has 0 spiro atoms. The fourth-order valence-corrected chi connectivity index (χ4v) is 2.15. The van der Waals surface area contributed by atoms with Crippen molar-refractivity contribution in [3.8, 4) is 0 Å². The van der Waals surface area contributed by atoms with E-state index in [1.807, 2.05) is 0 Å². The third-order valence-electron chi connectivity index (χ3n) is 3.25. The summed E-state index contributed by atoms with van der Waals surface area (Å²) < 4.78 is 0. The largest absolute Gasteiger partial charge is 0.356 e. The predicted molar refractivity (Wildman–Crippen MR) is 75.7 cm³/mol. The maximum absolute atomic E-state index is 11.7. The molecule has 110 valence electrons. The summed E-state index contributed by atoms with van der Waals surface area (Å²) in [6.45, 7) is 7.24. The Bertz CT molecular complexity index is 286. The molecule has 1 fully saturated rings. The lowest BCUT2D eigenvalue weighted by Crippen LogP contribution is -2.36. The quantitative estimate of drug-likeness (QED) is 0.636. The van der Waals surface area contributed by atoms with Gasteiger partial charge in [0, 0.05) is 25.9 Å². The van der Waals surface area contributed by atoms with Gasteiger partial charge in [-0.1, -0.05) is 13.8 Å². The molecule has 19 heavy (non-hydrogen) atoms. The van der Waals surface area contributed by atoms with Gasteiger partial charge in [-0.3, -0.25) is 9.59 Å². The van der Waals surface area contributed by atoms with Crippen molar-refractivity contribution < 1.29 is 9.59 Å². The highest BCUT2D eigenvalue weighted by atomic mass is 16.2. The fourth-order valence-electron chi connectivity index (χ4n) is 2.15. The highest BCUT2D eigenvalue weighted by Gasteiger charge is 2.16. The second kappa shape index (κ2) is 8.91. The van der Waals surface area contributed by atoms with E-state index in [9.17, 15) is 9.59 Å². The van der Waals surface area contributed by atoms with Gasteiger partial charge in [0.15, 0.2) is 0 Å². The van der Waals surface area contributed by atoms with Crippen molar-refractivity contribution in [3.63, 3.8) is 0 Å². The summed E-state index contributed by atoms with van der Waals surface area (Å²) in [5.74, 6) is 0.972. The SMILES string of the molecule is CC(C)CNC(=O)CCNC(=O)CC1CCCNC1. The van der Waals surface area contributed by atoms with Gasteiger partial charge in [0.2, 0.25) is 11.8 Å². The predicted octanol–water partition coefficient (Wildman–Crippen LogP) is 0.655. The van der Waals surface area contributed by atoms with Gasteiger partial charge in [0.1, 0.15) is 0 Å². The van der Waals surface area contributed by atoms with E-state index in [0.717, 1.165) is 25.9 Å². The Hall–Kier alpha value is -1.10. The topological polar surface area (TPSA) is 70.2 Å². The molecule has 5 heteroatoms. The molecule has 0 radical (unpaired) electrons. The van der Waals surface area contributed by atoms with Gasteiger partial charge in [0.05, 0.1) is 0 Å². The number of nitrogens with one attached hydrogen (secondary N) is 3. The molecular weight excluding hydrogens is 242 g/mol. The molecule has 0 bridgehead atoms. The summed E-state index contributed by atoms with van der Waals surface area (Å²) in [5.41, 5.74) is 0. The van der Waals surface area contributed by atoms with Crippen LogP contribution >= 0.6 is 0 Å². The molecule has 1 aliphatic rings. The highest BCUT2D eigenvalue weighted by Crippen LogP contribution is 2.13. The van der Waals surface area contributed by atoms with Gasteiger partial charge >= 0.3 is 0 Å². The summed E-state index contributed by atoms with van der Waals surface area (Å²) in [6, 6.07) is 0. The smallest absolute Gasteiger partial charge is 0.221 e. The van der Waals surface area contributed by atoms with Gasteiger partial charge in [-0.25, -0.2) is 0 Å². The Balaban J connectivity index is 2.04. The maximum atomic E-state index is 11.7. The minimum Gasteiger partial charge on any atom is -0.356 e. The summed E-state index contributed by atoms with van der Waals surface area (Å²) in [4.78, 5) is 23.1. The fraction of sp³-hybridized carbons (Fsp3) is 0.857. The van der Waals surface area contributed by atoms with Crippen LogP contribution in [0, 0.1) is 11.8 Å². The Morgan fingerprint density at radius 2 is 2.05 bits per heavy atom. The Morgan fingerprint density at radius 1 is 1.26 bits per heavy atom. The molecule has 2 amide bonds. The lowest BCUT2D eigenvalue weighted by atomic mass is 9.96. The molecule has 1 aliphatic heterocycles. The number of hydrogen-bond acceptors (Lipinski definition) is 3. The van der Waals surface area contributed by atoms with Crippen LogP contribution in [-0.2, 0) is 9.59 Å². The van der Waals surface area contributed by atoms with Crippen molar-refractivity contribution in [1.29, 1.82) is 0 Å². The number of amides is 2. The van der Waals surface area contributed by atoms with Crippen molar-refractivity contribution in [1.82, 2.24) is 16.0 Å². The first-order chi connectivity index (χ1) is 9.08. The third kappa shape index (κ3) is 7.82.